The van der Waals surface area contributed by atoms with Crippen molar-refractivity contribution in [3.8, 4) is 0 Å². The van der Waals surface area contributed by atoms with Crippen LogP contribution in [-0.4, -0.2) is 10.9 Å². The molecule has 3 atom stereocenters. The van der Waals surface area contributed by atoms with Gasteiger partial charge in [-0.2, -0.15) is 0 Å². The third-order valence-electron chi connectivity index (χ3n) is 4.10. The Labute approximate surface area is 111 Å². The molecule has 96 valence electrons. The minimum atomic E-state index is 0.196. The average Bonchev–Trinajstić information content (AvgIpc) is 3.03. The molecule has 18 heavy (non-hydrogen) atoms. The van der Waals surface area contributed by atoms with Gasteiger partial charge in [-0.1, -0.05) is 12.2 Å². The Balaban J connectivity index is 1.57. The number of hydrogen-bond donors (Lipinski definition) is 1. The molecule has 1 aromatic rings. The van der Waals surface area contributed by atoms with E-state index in [1.165, 1.54) is 11.3 Å². The fourth-order valence-electron chi connectivity index (χ4n) is 2.99. The summed E-state index contributed by atoms with van der Waals surface area (Å²) in [6, 6.07) is 0. The van der Waals surface area contributed by atoms with E-state index in [1.807, 2.05) is 6.92 Å². The number of allylic oxidation sites excluding steroid dienone is 2. The summed E-state index contributed by atoms with van der Waals surface area (Å²) in [6.07, 6.45) is 6.69. The van der Waals surface area contributed by atoms with Crippen molar-refractivity contribution < 1.29 is 4.79 Å². The molecule has 0 unspecified atom stereocenters. The molecule has 0 spiro atoms. The van der Waals surface area contributed by atoms with Gasteiger partial charge in [-0.25, -0.2) is 4.98 Å². The number of nitrogens with zero attached hydrogens (tertiary/aromatic N) is 1. The monoisotopic (exact) mass is 262 g/mol. The molecule has 1 aromatic heterocycles. The summed E-state index contributed by atoms with van der Waals surface area (Å²) in [5, 5.41) is 4.05. The summed E-state index contributed by atoms with van der Waals surface area (Å²) < 4.78 is 0. The van der Waals surface area contributed by atoms with Crippen molar-refractivity contribution >= 4 is 17.2 Å². The van der Waals surface area contributed by atoms with Crippen LogP contribution >= 0.6 is 11.3 Å². The molecular formula is C14H18N2OS. The molecule has 1 heterocycles. The molecule has 0 aromatic carbocycles. The lowest BCUT2D eigenvalue weighted by Gasteiger charge is -2.16. The van der Waals surface area contributed by atoms with E-state index in [0.29, 0.717) is 18.4 Å². The lowest BCUT2D eigenvalue weighted by molar-refractivity contribution is -0.125. The topological polar surface area (TPSA) is 42.0 Å². The fourth-order valence-corrected chi connectivity index (χ4v) is 3.86. The van der Waals surface area contributed by atoms with Crippen LogP contribution in [0.2, 0.25) is 0 Å². The van der Waals surface area contributed by atoms with Crippen LogP contribution in [0.1, 0.15) is 28.4 Å². The van der Waals surface area contributed by atoms with Gasteiger partial charge in [0.05, 0.1) is 12.2 Å². The van der Waals surface area contributed by atoms with E-state index in [0.717, 1.165) is 17.1 Å². The van der Waals surface area contributed by atoms with Gasteiger partial charge in [0, 0.05) is 10.8 Å². The van der Waals surface area contributed by atoms with Gasteiger partial charge in [-0.15, -0.1) is 11.3 Å². The quantitative estimate of drug-likeness (QED) is 0.851. The number of fused-ring (bicyclic) bond motifs is 2. The number of aromatic nitrogens is 1. The zero-order chi connectivity index (χ0) is 12.7. The maximum absolute atomic E-state index is 12.1. The minimum Gasteiger partial charge on any atom is -0.349 e. The molecule has 2 aliphatic rings. The standard InChI is InChI=1S/C14H18N2OS/c1-8-9(2)18-13(16-8)7-15-14(17)12-6-10-3-4-11(12)5-10/h3-4,10-12H,5-7H2,1-2H3,(H,15,17)/t10-,11+,12-/m1/s1. The van der Waals surface area contributed by atoms with Crippen molar-refractivity contribution in [2.24, 2.45) is 17.8 Å². The average molecular weight is 262 g/mol. The van der Waals surface area contributed by atoms with Gasteiger partial charge >= 0.3 is 0 Å². The minimum absolute atomic E-state index is 0.196. The molecule has 4 heteroatoms. The molecule has 1 amide bonds. The smallest absolute Gasteiger partial charge is 0.224 e. The van der Waals surface area contributed by atoms with Crippen LogP contribution in [-0.2, 0) is 11.3 Å². The normalized spacial score (nSPS) is 28.9. The maximum atomic E-state index is 12.1. The van der Waals surface area contributed by atoms with E-state index in [1.54, 1.807) is 11.3 Å². The molecular weight excluding hydrogens is 244 g/mol. The highest BCUT2D eigenvalue weighted by molar-refractivity contribution is 7.11. The van der Waals surface area contributed by atoms with E-state index < -0.39 is 0 Å². The van der Waals surface area contributed by atoms with Gasteiger partial charge in [0.25, 0.3) is 0 Å². The highest BCUT2D eigenvalue weighted by atomic mass is 32.1. The van der Waals surface area contributed by atoms with Gasteiger partial charge in [0.1, 0.15) is 5.01 Å². The number of hydrogen-bond acceptors (Lipinski definition) is 3. The Bertz CT molecular complexity index is 486. The molecule has 1 saturated carbocycles. The van der Waals surface area contributed by atoms with Crippen LogP contribution in [0.5, 0.6) is 0 Å². The Morgan fingerprint density at radius 2 is 2.28 bits per heavy atom. The Kier molecular flexibility index (Phi) is 2.98. The molecule has 0 saturated heterocycles. The van der Waals surface area contributed by atoms with Crippen molar-refractivity contribution in [2.45, 2.75) is 33.2 Å². The number of rotatable bonds is 3. The third kappa shape index (κ3) is 2.09. The van der Waals surface area contributed by atoms with Crippen LogP contribution in [0.25, 0.3) is 0 Å². The van der Waals surface area contributed by atoms with Crippen LogP contribution in [0.15, 0.2) is 12.2 Å². The van der Waals surface area contributed by atoms with Crippen LogP contribution in [0, 0.1) is 31.6 Å². The van der Waals surface area contributed by atoms with Gasteiger partial charge in [0.15, 0.2) is 0 Å². The van der Waals surface area contributed by atoms with E-state index in [-0.39, 0.29) is 11.8 Å². The van der Waals surface area contributed by atoms with Gasteiger partial charge in [0.2, 0.25) is 5.91 Å². The molecule has 0 radical (unpaired) electrons. The third-order valence-corrected chi connectivity index (χ3v) is 5.18. The highest BCUT2D eigenvalue weighted by Gasteiger charge is 2.39. The summed E-state index contributed by atoms with van der Waals surface area (Å²) in [7, 11) is 0. The summed E-state index contributed by atoms with van der Waals surface area (Å²) in [4.78, 5) is 17.8. The predicted molar refractivity (Wildman–Crippen MR) is 72.3 cm³/mol. The number of amides is 1. The molecule has 3 rings (SSSR count). The number of carbonyl (C=O) groups is 1. The van der Waals surface area contributed by atoms with Crippen LogP contribution in [0.3, 0.4) is 0 Å². The molecule has 3 nitrogen and oxygen atoms in total. The second kappa shape index (κ2) is 4.50. The second-order valence-corrected chi connectivity index (χ2v) is 6.64. The van der Waals surface area contributed by atoms with E-state index in [9.17, 15) is 4.79 Å². The molecule has 1 N–H and O–H groups in total. The van der Waals surface area contributed by atoms with Crippen molar-refractivity contribution in [2.75, 3.05) is 0 Å². The maximum Gasteiger partial charge on any atom is 0.224 e. The summed E-state index contributed by atoms with van der Waals surface area (Å²) >= 11 is 1.67. The summed E-state index contributed by atoms with van der Waals surface area (Å²) in [5.41, 5.74) is 1.08. The van der Waals surface area contributed by atoms with Gasteiger partial charge in [-0.3, -0.25) is 4.79 Å². The van der Waals surface area contributed by atoms with Crippen molar-refractivity contribution in [1.29, 1.82) is 0 Å². The Morgan fingerprint density at radius 1 is 1.44 bits per heavy atom. The highest BCUT2D eigenvalue weighted by Crippen LogP contribution is 2.43. The largest absolute Gasteiger partial charge is 0.349 e. The summed E-state index contributed by atoms with van der Waals surface area (Å²) in [5.74, 6) is 1.53. The Hall–Kier alpha value is -1.16. The predicted octanol–water partition coefficient (Wildman–Crippen LogP) is 2.59. The SMILES string of the molecule is Cc1nc(CNC(=O)[C@@H]2C[C@@H]3C=C[C@H]2C3)sc1C. The number of aryl methyl sites for hydroxylation is 2. The molecule has 2 bridgehead atoms. The van der Waals surface area contributed by atoms with E-state index in [2.05, 4.69) is 29.4 Å². The first-order chi connectivity index (χ1) is 8.63. The zero-order valence-electron chi connectivity index (χ0n) is 10.8. The Morgan fingerprint density at radius 3 is 2.83 bits per heavy atom. The van der Waals surface area contributed by atoms with Gasteiger partial charge < -0.3 is 5.32 Å². The van der Waals surface area contributed by atoms with Gasteiger partial charge in [-0.05, 0) is 38.5 Å². The van der Waals surface area contributed by atoms with Crippen LogP contribution in [0.4, 0.5) is 0 Å². The van der Waals surface area contributed by atoms with Crippen molar-refractivity contribution in [3.05, 3.63) is 27.7 Å². The molecule has 2 aliphatic carbocycles. The summed E-state index contributed by atoms with van der Waals surface area (Å²) in [6.45, 7) is 4.66. The zero-order valence-corrected chi connectivity index (χ0v) is 11.6. The van der Waals surface area contributed by atoms with Crippen LogP contribution < -0.4 is 5.32 Å². The number of carbonyl (C=O) groups excluding carboxylic acids is 1. The van der Waals surface area contributed by atoms with E-state index in [4.69, 9.17) is 0 Å². The lowest BCUT2D eigenvalue weighted by Crippen LogP contribution is -2.32. The van der Waals surface area contributed by atoms with E-state index >= 15 is 0 Å². The first-order valence-corrected chi connectivity index (χ1v) is 7.34. The van der Waals surface area contributed by atoms with Crippen molar-refractivity contribution in [3.63, 3.8) is 0 Å². The first-order valence-electron chi connectivity index (χ1n) is 6.52. The van der Waals surface area contributed by atoms with Crippen molar-refractivity contribution in [1.82, 2.24) is 10.3 Å². The number of thiazole rings is 1. The molecule has 0 aliphatic heterocycles. The lowest BCUT2D eigenvalue weighted by atomic mass is 9.93. The number of nitrogens with one attached hydrogen (secondary N) is 1. The fraction of sp³-hybridized carbons (Fsp3) is 0.571. The molecule has 1 fully saturated rings. The first kappa shape index (κ1) is 11.9. The second-order valence-electron chi connectivity index (χ2n) is 5.35.